The number of nitrogens with zero attached hydrogens (tertiary/aromatic N) is 4. The lowest BCUT2D eigenvalue weighted by molar-refractivity contribution is 0.0961. The third-order valence-electron chi connectivity index (χ3n) is 7.50. The molecule has 33 heavy (non-hydrogen) atoms. The van der Waals surface area contributed by atoms with Crippen LogP contribution in [0.5, 0.6) is 0 Å². The van der Waals surface area contributed by atoms with Crippen LogP contribution < -0.4 is 11.1 Å². The highest BCUT2D eigenvalue weighted by Gasteiger charge is 2.48. The number of benzene rings is 1. The summed E-state index contributed by atoms with van der Waals surface area (Å²) in [6.07, 6.45) is 6.31. The van der Waals surface area contributed by atoms with E-state index in [0.717, 1.165) is 54.4 Å². The number of rotatable bonds is 8. The van der Waals surface area contributed by atoms with Crippen molar-refractivity contribution < 1.29 is 8.78 Å². The minimum Gasteiger partial charge on any atom is -0.399 e. The zero-order chi connectivity index (χ0) is 23.2. The first kappa shape index (κ1) is 22.5. The van der Waals surface area contributed by atoms with E-state index < -0.39 is 5.67 Å². The Morgan fingerprint density at radius 3 is 2.67 bits per heavy atom. The van der Waals surface area contributed by atoms with Gasteiger partial charge in [-0.15, -0.1) is 0 Å². The number of halogens is 2. The zero-order valence-electron chi connectivity index (χ0n) is 19.5. The molecule has 2 fully saturated rings. The molecule has 0 radical (unpaired) electrons. The van der Waals surface area contributed by atoms with Gasteiger partial charge < -0.3 is 11.1 Å². The van der Waals surface area contributed by atoms with Crippen molar-refractivity contribution in [1.29, 1.82) is 0 Å². The second kappa shape index (κ2) is 8.80. The Bertz CT molecular complexity index is 987. The molecule has 5 rings (SSSR count). The molecular weight excluding hydrogens is 422 g/mol. The van der Waals surface area contributed by atoms with Gasteiger partial charge in [0.2, 0.25) is 0 Å². The standard InChI is InChI=1S/C25H34F2N6/c1-16-10-20-17(2)21(28)5-4-19(20)24(33(16)15-25(27)6-7-25)22-11-30-23(12-29-22)31-18-13-32(14-18)9-3-8-26/h4-5,11-12,16,18,24H,3,6-10,13-15,28H2,1-2H3,(H,30,31)/t16-,24?/m1/s1. The third kappa shape index (κ3) is 4.55. The molecule has 0 amide bonds. The van der Waals surface area contributed by atoms with E-state index in [1.54, 1.807) is 6.20 Å². The van der Waals surface area contributed by atoms with Gasteiger partial charge in [0.05, 0.1) is 36.8 Å². The lowest BCUT2D eigenvalue weighted by Crippen LogP contribution is -2.54. The number of hydrogen-bond donors (Lipinski definition) is 2. The minimum atomic E-state index is -1.08. The molecule has 8 heteroatoms. The predicted octanol–water partition coefficient (Wildman–Crippen LogP) is 3.66. The summed E-state index contributed by atoms with van der Waals surface area (Å²) >= 11 is 0. The number of nitrogen functional groups attached to an aromatic ring is 1. The number of likely N-dealkylation sites (tertiary alicyclic amines) is 1. The van der Waals surface area contributed by atoms with Crippen LogP contribution in [0.2, 0.25) is 0 Å². The Labute approximate surface area is 194 Å². The van der Waals surface area contributed by atoms with E-state index in [0.29, 0.717) is 31.8 Å². The monoisotopic (exact) mass is 456 g/mol. The molecule has 6 nitrogen and oxygen atoms in total. The van der Waals surface area contributed by atoms with Gasteiger partial charge in [-0.1, -0.05) is 6.07 Å². The lowest BCUT2D eigenvalue weighted by Gasteiger charge is -2.43. The summed E-state index contributed by atoms with van der Waals surface area (Å²) in [7, 11) is 0. The summed E-state index contributed by atoms with van der Waals surface area (Å²) in [5, 5.41) is 3.42. The van der Waals surface area contributed by atoms with Gasteiger partial charge in [-0.05, 0) is 62.3 Å². The van der Waals surface area contributed by atoms with Crippen LogP contribution in [-0.2, 0) is 6.42 Å². The highest BCUT2D eigenvalue weighted by molar-refractivity contribution is 5.56. The summed E-state index contributed by atoms with van der Waals surface area (Å²) in [6, 6.07) is 4.38. The average Bonchev–Trinajstić information content (AvgIpc) is 3.51. The van der Waals surface area contributed by atoms with Crippen LogP contribution in [0.25, 0.3) is 0 Å². The SMILES string of the molecule is Cc1c(N)ccc2c1C[C@@H](C)N(CC1(F)CC1)C2c1cnc(NC2CN(CCCF)C2)cn1. The quantitative estimate of drug-likeness (QED) is 0.591. The van der Waals surface area contributed by atoms with Gasteiger partial charge in [0.15, 0.2) is 0 Å². The summed E-state index contributed by atoms with van der Waals surface area (Å²) in [5.41, 5.74) is 10.3. The van der Waals surface area contributed by atoms with Crippen molar-refractivity contribution >= 4 is 11.5 Å². The molecule has 0 spiro atoms. The fourth-order valence-corrected chi connectivity index (χ4v) is 5.26. The van der Waals surface area contributed by atoms with Crippen molar-refractivity contribution in [1.82, 2.24) is 19.8 Å². The highest BCUT2D eigenvalue weighted by atomic mass is 19.1. The molecule has 2 aromatic rings. The van der Waals surface area contributed by atoms with E-state index in [4.69, 9.17) is 10.7 Å². The van der Waals surface area contributed by atoms with Gasteiger partial charge in [0.25, 0.3) is 0 Å². The molecule has 0 bridgehead atoms. The van der Waals surface area contributed by atoms with Gasteiger partial charge in [-0.2, -0.15) is 0 Å². The Morgan fingerprint density at radius 2 is 2.00 bits per heavy atom. The molecule has 3 aliphatic rings. The van der Waals surface area contributed by atoms with E-state index in [1.165, 1.54) is 5.56 Å². The lowest BCUT2D eigenvalue weighted by atomic mass is 9.84. The summed E-state index contributed by atoms with van der Waals surface area (Å²) in [4.78, 5) is 13.9. The van der Waals surface area contributed by atoms with Crippen molar-refractivity contribution in [2.75, 3.05) is 43.9 Å². The first-order valence-electron chi connectivity index (χ1n) is 12.1. The molecule has 1 aromatic heterocycles. The van der Waals surface area contributed by atoms with Crippen LogP contribution in [0.4, 0.5) is 20.3 Å². The van der Waals surface area contributed by atoms with Crippen molar-refractivity contribution in [2.45, 2.75) is 63.3 Å². The fraction of sp³-hybridized carbons (Fsp3) is 0.600. The first-order valence-corrected chi connectivity index (χ1v) is 12.1. The molecule has 1 aromatic carbocycles. The van der Waals surface area contributed by atoms with Gasteiger partial charge >= 0.3 is 0 Å². The molecule has 1 saturated heterocycles. The molecule has 2 atom stereocenters. The molecule has 1 unspecified atom stereocenters. The second-order valence-corrected chi connectivity index (χ2v) is 10.1. The number of fused-ring (bicyclic) bond motifs is 1. The Hall–Kier alpha value is -2.32. The summed E-state index contributed by atoms with van der Waals surface area (Å²) < 4.78 is 27.2. The van der Waals surface area contributed by atoms with Crippen molar-refractivity contribution in [3.05, 3.63) is 46.9 Å². The number of hydrogen-bond acceptors (Lipinski definition) is 6. The Kier molecular flexibility index (Phi) is 5.99. The molecule has 1 saturated carbocycles. The maximum absolute atomic E-state index is 14.9. The summed E-state index contributed by atoms with van der Waals surface area (Å²) in [6.45, 7) is 6.97. The largest absolute Gasteiger partial charge is 0.399 e. The molecule has 2 aliphatic heterocycles. The van der Waals surface area contributed by atoms with Crippen molar-refractivity contribution in [2.24, 2.45) is 0 Å². The van der Waals surface area contributed by atoms with E-state index >= 15 is 0 Å². The van der Waals surface area contributed by atoms with Crippen LogP contribution >= 0.6 is 0 Å². The zero-order valence-corrected chi connectivity index (χ0v) is 19.5. The van der Waals surface area contributed by atoms with Crippen LogP contribution in [0.3, 0.4) is 0 Å². The van der Waals surface area contributed by atoms with E-state index in [-0.39, 0.29) is 18.8 Å². The predicted molar refractivity (Wildman–Crippen MR) is 127 cm³/mol. The van der Waals surface area contributed by atoms with Gasteiger partial charge in [-0.3, -0.25) is 19.2 Å². The number of alkyl halides is 2. The average molecular weight is 457 g/mol. The molecule has 3 heterocycles. The smallest absolute Gasteiger partial charge is 0.144 e. The molecule has 1 aliphatic carbocycles. The van der Waals surface area contributed by atoms with Crippen LogP contribution in [0.15, 0.2) is 24.5 Å². The van der Waals surface area contributed by atoms with Crippen LogP contribution in [-0.4, -0.2) is 70.4 Å². The molecule has 3 N–H and O–H groups in total. The van der Waals surface area contributed by atoms with Gasteiger partial charge in [-0.25, -0.2) is 9.37 Å². The molecule has 178 valence electrons. The normalized spacial score (nSPS) is 24.8. The van der Waals surface area contributed by atoms with Crippen LogP contribution in [0.1, 0.15) is 54.6 Å². The van der Waals surface area contributed by atoms with E-state index in [2.05, 4.69) is 40.0 Å². The summed E-state index contributed by atoms with van der Waals surface area (Å²) in [5.74, 6) is 0.738. The number of anilines is 2. The van der Waals surface area contributed by atoms with Gasteiger partial charge in [0, 0.05) is 37.9 Å². The maximum atomic E-state index is 14.9. The van der Waals surface area contributed by atoms with Crippen LogP contribution in [0, 0.1) is 6.92 Å². The maximum Gasteiger partial charge on any atom is 0.144 e. The van der Waals surface area contributed by atoms with E-state index in [1.807, 2.05) is 12.3 Å². The van der Waals surface area contributed by atoms with Gasteiger partial charge in [0.1, 0.15) is 11.5 Å². The third-order valence-corrected chi connectivity index (χ3v) is 7.50. The molecular formula is C25H34F2N6. The number of aromatic nitrogens is 2. The first-order chi connectivity index (χ1) is 15.9. The van der Waals surface area contributed by atoms with Crippen molar-refractivity contribution in [3.8, 4) is 0 Å². The minimum absolute atomic E-state index is 0.141. The van der Waals surface area contributed by atoms with E-state index in [9.17, 15) is 8.78 Å². The fourth-order valence-electron chi connectivity index (χ4n) is 5.26. The Balaban J connectivity index is 1.37. The number of nitrogens with two attached hydrogens (primary N) is 1. The second-order valence-electron chi connectivity index (χ2n) is 10.1. The topological polar surface area (TPSA) is 70.3 Å². The highest BCUT2D eigenvalue weighted by Crippen LogP contribution is 2.46. The Morgan fingerprint density at radius 1 is 1.21 bits per heavy atom. The number of nitrogens with one attached hydrogen (secondary N) is 1. The van der Waals surface area contributed by atoms with Crippen molar-refractivity contribution in [3.63, 3.8) is 0 Å².